The molecule has 0 aliphatic carbocycles. The molecule has 3 amide bonds. The molecule has 252 valence electrons. The molecule has 47 heavy (non-hydrogen) atoms. The van der Waals surface area contributed by atoms with Gasteiger partial charge in [0.25, 0.3) is 5.91 Å². The van der Waals surface area contributed by atoms with Crippen molar-refractivity contribution in [3.05, 3.63) is 85.5 Å². The third kappa shape index (κ3) is 5.78. The van der Waals surface area contributed by atoms with Crippen LogP contribution in [0.15, 0.2) is 79.9 Å². The van der Waals surface area contributed by atoms with E-state index in [2.05, 4.69) is 13.2 Å². The van der Waals surface area contributed by atoms with Crippen molar-refractivity contribution in [1.82, 2.24) is 9.80 Å². The number of hydrogen-bond donors (Lipinski definition) is 1. The van der Waals surface area contributed by atoms with E-state index in [4.69, 9.17) is 9.47 Å². The number of methoxy groups -OCH3 is 1. The van der Waals surface area contributed by atoms with Crippen molar-refractivity contribution in [3.8, 4) is 5.75 Å². The van der Waals surface area contributed by atoms with Gasteiger partial charge in [-0.3, -0.25) is 14.4 Å². The first kappa shape index (κ1) is 34.4. The Morgan fingerprint density at radius 3 is 2.32 bits per heavy atom. The van der Waals surface area contributed by atoms with Crippen molar-refractivity contribution >= 4 is 23.4 Å². The topological polar surface area (TPSA) is 99.6 Å². The van der Waals surface area contributed by atoms with Crippen molar-refractivity contribution in [2.75, 3.05) is 31.7 Å². The van der Waals surface area contributed by atoms with E-state index < -0.39 is 35.1 Å². The first-order valence-corrected chi connectivity index (χ1v) is 16.8. The molecule has 7 atom stereocenters. The molecule has 0 aromatic heterocycles. The monoisotopic (exact) mass is 643 g/mol. The van der Waals surface area contributed by atoms with E-state index >= 15 is 4.79 Å². The van der Waals surface area contributed by atoms with Gasteiger partial charge < -0.3 is 29.3 Å². The van der Waals surface area contributed by atoms with Gasteiger partial charge in [-0.05, 0) is 55.0 Å². The molecule has 3 heterocycles. The van der Waals surface area contributed by atoms with Crippen LogP contribution in [0.4, 0.5) is 5.69 Å². The molecule has 2 unspecified atom stereocenters. The zero-order chi connectivity index (χ0) is 33.9. The Hall–Kier alpha value is -3.95. The average molecular weight is 644 g/mol. The second-order valence-corrected chi connectivity index (χ2v) is 13.1. The molecular formula is C38H49N3O6. The summed E-state index contributed by atoms with van der Waals surface area (Å²) in [5, 5.41) is 10.8. The van der Waals surface area contributed by atoms with Gasteiger partial charge in [0, 0.05) is 25.3 Å². The van der Waals surface area contributed by atoms with Crippen LogP contribution in [0.2, 0.25) is 0 Å². The number of carbonyl (C=O) groups is 3. The Labute approximate surface area is 278 Å². The van der Waals surface area contributed by atoms with E-state index in [0.717, 1.165) is 5.56 Å². The molecule has 3 saturated heterocycles. The molecule has 3 aliphatic heterocycles. The van der Waals surface area contributed by atoms with Gasteiger partial charge in [0.1, 0.15) is 17.4 Å². The molecule has 2 aromatic carbocycles. The van der Waals surface area contributed by atoms with Gasteiger partial charge in [0.2, 0.25) is 11.8 Å². The molecule has 0 saturated carbocycles. The maximum Gasteiger partial charge on any atom is 0.253 e. The number of carbonyl (C=O) groups excluding carboxylic acids is 3. The number of aliphatic hydroxyl groups is 1. The fraction of sp³-hybridized carbons (Fsp3) is 0.500. The summed E-state index contributed by atoms with van der Waals surface area (Å²) in [7, 11) is 1.58. The number of ether oxygens (including phenoxy) is 2. The van der Waals surface area contributed by atoms with Crippen LogP contribution >= 0.6 is 0 Å². The molecule has 1 N–H and O–H groups in total. The predicted molar refractivity (Wildman–Crippen MR) is 182 cm³/mol. The minimum absolute atomic E-state index is 0.106. The Kier molecular flexibility index (Phi) is 10.3. The van der Waals surface area contributed by atoms with Gasteiger partial charge in [0.15, 0.2) is 0 Å². The second kappa shape index (κ2) is 14.0. The van der Waals surface area contributed by atoms with E-state index in [0.29, 0.717) is 50.2 Å². The van der Waals surface area contributed by atoms with Crippen LogP contribution < -0.4 is 9.64 Å². The molecule has 3 fully saturated rings. The lowest BCUT2D eigenvalue weighted by Crippen LogP contribution is -2.60. The van der Waals surface area contributed by atoms with Gasteiger partial charge in [-0.2, -0.15) is 0 Å². The SMILES string of the molecule is C=CCN(Cc1ccccc1)C(=O)[C@@H]1[C@H]2C(=O)N([C@@H](CO)[C@@H](C)CC)C(C(=O)N(CC=C)c3ccc(OC)cc3)C23CC[C@@]1(CC)O3. The van der Waals surface area contributed by atoms with Gasteiger partial charge in [-0.15, -0.1) is 13.2 Å². The summed E-state index contributed by atoms with van der Waals surface area (Å²) in [5.74, 6) is -1.92. The Morgan fingerprint density at radius 1 is 1.06 bits per heavy atom. The Balaban J connectivity index is 1.63. The second-order valence-electron chi connectivity index (χ2n) is 13.1. The van der Waals surface area contributed by atoms with Gasteiger partial charge in [0.05, 0.1) is 37.2 Å². The smallest absolute Gasteiger partial charge is 0.253 e. The fourth-order valence-corrected chi connectivity index (χ4v) is 8.23. The normalized spacial score (nSPS) is 27.2. The number of hydrogen-bond acceptors (Lipinski definition) is 6. The first-order chi connectivity index (χ1) is 22.7. The van der Waals surface area contributed by atoms with Gasteiger partial charge in [-0.25, -0.2) is 0 Å². The number of amides is 3. The Bertz CT molecular complexity index is 1460. The minimum Gasteiger partial charge on any atom is -0.497 e. The van der Waals surface area contributed by atoms with Crippen molar-refractivity contribution in [3.63, 3.8) is 0 Å². The Morgan fingerprint density at radius 2 is 1.74 bits per heavy atom. The summed E-state index contributed by atoms with van der Waals surface area (Å²) < 4.78 is 12.4. The van der Waals surface area contributed by atoms with Crippen LogP contribution in [-0.4, -0.2) is 82.7 Å². The molecule has 9 heteroatoms. The lowest BCUT2D eigenvalue weighted by molar-refractivity contribution is -0.154. The highest BCUT2D eigenvalue weighted by Crippen LogP contribution is 2.65. The van der Waals surface area contributed by atoms with E-state index in [1.807, 2.05) is 51.1 Å². The summed E-state index contributed by atoms with van der Waals surface area (Å²) in [4.78, 5) is 49.7. The summed E-state index contributed by atoms with van der Waals surface area (Å²) >= 11 is 0. The van der Waals surface area contributed by atoms with E-state index in [-0.39, 0.29) is 36.8 Å². The van der Waals surface area contributed by atoms with Crippen molar-refractivity contribution in [1.29, 1.82) is 0 Å². The maximum atomic E-state index is 15.0. The van der Waals surface area contributed by atoms with Crippen LogP contribution in [0.25, 0.3) is 0 Å². The first-order valence-electron chi connectivity index (χ1n) is 16.8. The molecule has 2 bridgehead atoms. The number of aliphatic hydroxyl groups excluding tert-OH is 1. The quantitative estimate of drug-likeness (QED) is 0.275. The maximum absolute atomic E-state index is 15.0. The number of anilines is 1. The molecule has 2 aromatic rings. The van der Waals surface area contributed by atoms with Gasteiger partial charge in [-0.1, -0.05) is 69.7 Å². The number of likely N-dealkylation sites (tertiary alicyclic amines) is 1. The lowest BCUT2D eigenvalue weighted by Gasteiger charge is -2.41. The van der Waals surface area contributed by atoms with E-state index in [1.54, 1.807) is 58.2 Å². The average Bonchev–Trinajstić information content (AvgIpc) is 3.71. The van der Waals surface area contributed by atoms with Gasteiger partial charge >= 0.3 is 0 Å². The highest BCUT2D eigenvalue weighted by Gasteiger charge is 2.79. The van der Waals surface area contributed by atoms with Crippen molar-refractivity contribution in [2.45, 2.75) is 76.3 Å². The number of benzene rings is 2. The van der Waals surface area contributed by atoms with Crippen molar-refractivity contribution < 1.29 is 29.0 Å². The number of nitrogens with zero attached hydrogens (tertiary/aromatic N) is 3. The predicted octanol–water partition coefficient (Wildman–Crippen LogP) is 4.99. The fourth-order valence-electron chi connectivity index (χ4n) is 8.23. The van der Waals surface area contributed by atoms with Crippen molar-refractivity contribution in [2.24, 2.45) is 17.8 Å². The highest BCUT2D eigenvalue weighted by atomic mass is 16.5. The minimum atomic E-state index is -1.23. The molecule has 9 nitrogen and oxygen atoms in total. The zero-order valence-corrected chi connectivity index (χ0v) is 28.1. The summed E-state index contributed by atoms with van der Waals surface area (Å²) in [6.45, 7) is 14.3. The lowest BCUT2D eigenvalue weighted by atomic mass is 9.64. The van der Waals surface area contributed by atoms with Crippen LogP contribution in [0.3, 0.4) is 0 Å². The molecule has 0 radical (unpaired) electrons. The van der Waals surface area contributed by atoms with E-state index in [1.165, 1.54) is 0 Å². The third-order valence-electron chi connectivity index (χ3n) is 10.8. The zero-order valence-electron chi connectivity index (χ0n) is 28.1. The standard InChI is InChI=1S/C38H49N3O6/c1-7-22-39(24-27-14-12-11-13-15-27)34(43)31-32-35(44)41(30(25-42)26(5)9-3)33(38(32)21-20-37(31,10-4)47-38)36(45)40(23-8-2)28-16-18-29(46-6)19-17-28/h7-8,11-19,26,30-33,42H,1-2,9-10,20-25H2,3-6H3/t26-,30-,31-,32-,33?,37+,38?/m0/s1. The largest absolute Gasteiger partial charge is 0.497 e. The summed E-state index contributed by atoms with van der Waals surface area (Å²) in [5.41, 5.74) is -0.537. The molecule has 3 aliphatic rings. The van der Waals surface area contributed by atoms with Crippen LogP contribution in [0, 0.1) is 17.8 Å². The third-order valence-corrected chi connectivity index (χ3v) is 10.8. The summed E-state index contributed by atoms with van der Waals surface area (Å²) in [6, 6.07) is 15.3. The molecule has 5 rings (SSSR count). The highest BCUT2D eigenvalue weighted by molar-refractivity contribution is 6.05. The summed E-state index contributed by atoms with van der Waals surface area (Å²) in [6.07, 6.45) is 5.57. The van der Waals surface area contributed by atoms with E-state index in [9.17, 15) is 14.7 Å². The molecular weight excluding hydrogens is 594 g/mol. The molecule has 1 spiro atoms. The van der Waals surface area contributed by atoms with Crippen LogP contribution in [0.1, 0.15) is 52.0 Å². The number of rotatable bonds is 15. The van der Waals surface area contributed by atoms with Crippen LogP contribution in [-0.2, 0) is 25.7 Å². The number of fused-ring (bicyclic) bond motifs is 1. The van der Waals surface area contributed by atoms with Crippen LogP contribution in [0.5, 0.6) is 5.75 Å².